The SMILES string of the molecule is CSc1nsc(SCc2nc3ccccc3c(=O)[nH]2)n1. The molecule has 8 heteroatoms. The molecule has 3 aromatic rings. The molecule has 0 aliphatic carbocycles. The number of thioether (sulfide) groups is 2. The van der Waals surface area contributed by atoms with Crippen molar-refractivity contribution in [2.24, 2.45) is 0 Å². The first kappa shape index (κ1) is 13.6. The van der Waals surface area contributed by atoms with Gasteiger partial charge in [0, 0.05) is 0 Å². The van der Waals surface area contributed by atoms with Gasteiger partial charge in [-0.25, -0.2) is 9.97 Å². The number of nitrogens with one attached hydrogen (secondary N) is 1. The summed E-state index contributed by atoms with van der Waals surface area (Å²) in [6.07, 6.45) is 1.94. The van der Waals surface area contributed by atoms with Gasteiger partial charge in [0.1, 0.15) is 5.82 Å². The van der Waals surface area contributed by atoms with Gasteiger partial charge in [-0.05, 0) is 29.9 Å². The normalized spacial score (nSPS) is 11.1. The summed E-state index contributed by atoms with van der Waals surface area (Å²) in [5, 5.41) is 1.39. The van der Waals surface area contributed by atoms with E-state index in [0.29, 0.717) is 22.5 Å². The molecule has 1 N–H and O–H groups in total. The number of rotatable bonds is 4. The summed E-state index contributed by atoms with van der Waals surface area (Å²) in [7, 11) is 0. The molecule has 0 unspecified atom stereocenters. The lowest BCUT2D eigenvalue weighted by molar-refractivity contribution is 1.01. The molecule has 0 bridgehead atoms. The Morgan fingerprint density at radius 3 is 2.95 bits per heavy atom. The van der Waals surface area contributed by atoms with E-state index in [-0.39, 0.29) is 5.56 Å². The molecule has 102 valence electrons. The highest BCUT2D eigenvalue weighted by Crippen LogP contribution is 2.25. The van der Waals surface area contributed by atoms with E-state index < -0.39 is 0 Å². The Morgan fingerprint density at radius 1 is 1.30 bits per heavy atom. The third-order valence-corrected chi connectivity index (χ3v) is 5.07. The molecule has 0 atom stereocenters. The second kappa shape index (κ2) is 5.94. The van der Waals surface area contributed by atoms with Gasteiger partial charge in [0.15, 0.2) is 4.34 Å². The smallest absolute Gasteiger partial charge is 0.258 e. The van der Waals surface area contributed by atoms with Crippen molar-refractivity contribution in [3.05, 3.63) is 40.4 Å². The van der Waals surface area contributed by atoms with E-state index in [9.17, 15) is 4.79 Å². The number of para-hydroxylation sites is 1. The fourth-order valence-electron chi connectivity index (χ4n) is 1.67. The molecule has 0 saturated heterocycles. The maximum atomic E-state index is 11.9. The highest BCUT2D eigenvalue weighted by molar-refractivity contribution is 8.00. The molecule has 20 heavy (non-hydrogen) atoms. The zero-order chi connectivity index (χ0) is 13.9. The highest BCUT2D eigenvalue weighted by atomic mass is 32.2. The quantitative estimate of drug-likeness (QED) is 0.745. The lowest BCUT2D eigenvalue weighted by Crippen LogP contribution is -2.11. The van der Waals surface area contributed by atoms with E-state index >= 15 is 0 Å². The lowest BCUT2D eigenvalue weighted by atomic mass is 10.2. The average molecular weight is 322 g/mol. The molecule has 2 aromatic heterocycles. The van der Waals surface area contributed by atoms with Crippen molar-refractivity contribution < 1.29 is 0 Å². The van der Waals surface area contributed by atoms with E-state index in [0.717, 1.165) is 9.50 Å². The number of aromatic nitrogens is 4. The van der Waals surface area contributed by atoms with Crippen LogP contribution >= 0.6 is 35.1 Å². The van der Waals surface area contributed by atoms with Crippen LogP contribution in [0, 0.1) is 0 Å². The first-order valence-corrected chi connectivity index (χ1v) is 8.73. The fourth-order valence-corrected chi connectivity index (χ4v) is 3.75. The maximum absolute atomic E-state index is 11.9. The summed E-state index contributed by atoms with van der Waals surface area (Å²) in [6.45, 7) is 0. The summed E-state index contributed by atoms with van der Waals surface area (Å²) in [5.74, 6) is 1.22. The predicted octanol–water partition coefficient (Wildman–Crippen LogP) is 2.79. The van der Waals surface area contributed by atoms with Crippen molar-refractivity contribution in [2.45, 2.75) is 15.2 Å². The lowest BCUT2D eigenvalue weighted by Gasteiger charge is -2.01. The average Bonchev–Trinajstić information content (AvgIpc) is 2.93. The summed E-state index contributed by atoms with van der Waals surface area (Å²) in [5.41, 5.74) is 0.613. The number of aromatic amines is 1. The standard InChI is InChI=1S/C12H10N4OS3/c1-18-11-15-12(20-16-11)19-6-9-13-8-5-3-2-4-7(8)10(17)14-9/h2-5H,6H2,1H3,(H,13,14,17). The maximum Gasteiger partial charge on any atom is 0.258 e. The van der Waals surface area contributed by atoms with Crippen LogP contribution < -0.4 is 5.56 Å². The van der Waals surface area contributed by atoms with Crippen molar-refractivity contribution in [1.29, 1.82) is 0 Å². The molecule has 3 rings (SSSR count). The van der Waals surface area contributed by atoms with Gasteiger partial charge in [-0.2, -0.15) is 4.37 Å². The van der Waals surface area contributed by atoms with Crippen LogP contribution in [0.1, 0.15) is 5.82 Å². The second-order valence-corrected chi connectivity index (χ2v) is 6.61. The molecule has 1 aromatic carbocycles. The van der Waals surface area contributed by atoms with E-state index in [1.807, 2.05) is 24.5 Å². The Kier molecular flexibility index (Phi) is 4.04. The summed E-state index contributed by atoms with van der Waals surface area (Å²) < 4.78 is 5.07. The Hall–Kier alpha value is -1.38. The van der Waals surface area contributed by atoms with Crippen LogP contribution in [0.15, 0.2) is 38.6 Å². The van der Waals surface area contributed by atoms with Gasteiger partial charge in [0.25, 0.3) is 5.56 Å². The third-order valence-electron chi connectivity index (χ3n) is 2.57. The van der Waals surface area contributed by atoms with Crippen LogP contribution in [0.5, 0.6) is 0 Å². The summed E-state index contributed by atoms with van der Waals surface area (Å²) >= 11 is 4.41. The van der Waals surface area contributed by atoms with Gasteiger partial charge < -0.3 is 4.98 Å². The Morgan fingerprint density at radius 2 is 2.15 bits per heavy atom. The van der Waals surface area contributed by atoms with Gasteiger partial charge >= 0.3 is 0 Å². The number of fused-ring (bicyclic) bond motifs is 1. The Bertz CT molecular complexity index is 798. The zero-order valence-corrected chi connectivity index (χ0v) is 12.9. The third kappa shape index (κ3) is 2.87. The molecule has 0 fully saturated rings. The van der Waals surface area contributed by atoms with Gasteiger partial charge in [0.2, 0.25) is 5.16 Å². The Balaban J connectivity index is 1.82. The van der Waals surface area contributed by atoms with E-state index in [1.54, 1.807) is 6.07 Å². The van der Waals surface area contributed by atoms with Gasteiger partial charge in [-0.1, -0.05) is 35.7 Å². The number of nitrogens with zero attached hydrogens (tertiary/aromatic N) is 3. The minimum atomic E-state index is -0.103. The largest absolute Gasteiger partial charge is 0.309 e. The molecule has 0 spiro atoms. The number of H-pyrrole nitrogens is 1. The van der Waals surface area contributed by atoms with Crippen molar-refractivity contribution in [1.82, 2.24) is 19.3 Å². The van der Waals surface area contributed by atoms with Gasteiger partial charge in [-0.3, -0.25) is 4.79 Å². The number of benzene rings is 1. The number of hydrogen-bond acceptors (Lipinski definition) is 7. The molecular weight excluding hydrogens is 312 g/mol. The topological polar surface area (TPSA) is 71.5 Å². The van der Waals surface area contributed by atoms with Crippen molar-refractivity contribution in [2.75, 3.05) is 6.26 Å². The minimum absolute atomic E-state index is 0.103. The van der Waals surface area contributed by atoms with Gasteiger partial charge in [0.05, 0.1) is 16.7 Å². The van der Waals surface area contributed by atoms with E-state index in [2.05, 4.69) is 19.3 Å². The molecule has 5 nitrogen and oxygen atoms in total. The van der Waals surface area contributed by atoms with Crippen LogP contribution in [0.2, 0.25) is 0 Å². The van der Waals surface area contributed by atoms with Crippen LogP contribution in [-0.4, -0.2) is 25.6 Å². The molecular formula is C12H10N4OS3. The molecule has 2 heterocycles. The van der Waals surface area contributed by atoms with Crippen molar-refractivity contribution in [3.8, 4) is 0 Å². The first-order valence-electron chi connectivity index (χ1n) is 5.74. The Labute approximate surface area is 127 Å². The fraction of sp³-hybridized carbons (Fsp3) is 0.167. The first-order chi connectivity index (χ1) is 9.76. The van der Waals surface area contributed by atoms with Crippen molar-refractivity contribution in [3.63, 3.8) is 0 Å². The predicted molar refractivity (Wildman–Crippen MR) is 83.6 cm³/mol. The van der Waals surface area contributed by atoms with Gasteiger partial charge in [-0.15, -0.1) is 0 Å². The number of hydrogen-bond donors (Lipinski definition) is 1. The van der Waals surface area contributed by atoms with E-state index in [1.165, 1.54) is 35.1 Å². The monoisotopic (exact) mass is 322 g/mol. The van der Waals surface area contributed by atoms with Crippen LogP contribution in [0.3, 0.4) is 0 Å². The second-order valence-electron chi connectivity index (χ2n) is 3.87. The van der Waals surface area contributed by atoms with Crippen LogP contribution in [-0.2, 0) is 5.75 Å². The van der Waals surface area contributed by atoms with Crippen LogP contribution in [0.4, 0.5) is 0 Å². The highest BCUT2D eigenvalue weighted by Gasteiger charge is 2.07. The summed E-state index contributed by atoms with van der Waals surface area (Å²) in [4.78, 5) is 23.5. The summed E-state index contributed by atoms with van der Waals surface area (Å²) in [6, 6.07) is 7.32. The molecule has 0 aliphatic heterocycles. The van der Waals surface area contributed by atoms with Crippen LogP contribution in [0.25, 0.3) is 10.9 Å². The molecule has 0 amide bonds. The molecule has 0 saturated carbocycles. The van der Waals surface area contributed by atoms with Crippen molar-refractivity contribution >= 4 is 46.0 Å². The van der Waals surface area contributed by atoms with E-state index in [4.69, 9.17) is 0 Å². The minimum Gasteiger partial charge on any atom is -0.309 e. The molecule has 0 aliphatic rings. The zero-order valence-electron chi connectivity index (χ0n) is 10.5. The molecule has 0 radical (unpaired) electrons.